The lowest BCUT2D eigenvalue weighted by atomic mass is 10.0. The maximum absolute atomic E-state index is 9.69. The lowest BCUT2D eigenvalue weighted by Gasteiger charge is -2.24. The third-order valence-electron chi connectivity index (χ3n) is 4.19. The highest BCUT2D eigenvalue weighted by Crippen LogP contribution is 2.11. The van der Waals surface area contributed by atoms with Crippen LogP contribution in [0.3, 0.4) is 0 Å². The van der Waals surface area contributed by atoms with Gasteiger partial charge in [0, 0.05) is 6.54 Å². The predicted molar refractivity (Wildman–Crippen MR) is 96.1 cm³/mol. The molecule has 0 aromatic rings. The first-order valence-corrected chi connectivity index (χ1v) is 9.47. The maximum Gasteiger partial charge on any atom is 0.0897 e. The molecule has 0 fully saturated rings. The number of hydrogen-bond donors (Lipinski definition) is 2. The molecule has 0 aliphatic rings. The Morgan fingerprint density at radius 2 is 1.18 bits per heavy atom. The molecule has 1 unspecified atom stereocenters. The summed E-state index contributed by atoms with van der Waals surface area (Å²) in [5.41, 5.74) is 0. The van der Waals surface area contributed by atoms with Crippen LogP contribution in [0.5, 0.6) is 0 Å². The summed E-state index contributed by atoms with van der Waals surface area (Å²) in [5.74, 6) is 1.60. The quantitative estimate of drug-likeness (QED) is 0.448. The van der Waals surface area contributed by atoms with Gasteiger partial charge in [-0.3, -0.25) is 0 Å². The smallest absolute Gasteiger partial charge is 0.0897 e. The van der Waals surface area contributed by atoms with Crippen LogP contribution in [0.15, 0.2) is 0 Å². The topological polar surface area (TPSA) is 43.7 Å². The predicted octanol–water partition coefficient (Wildman–Crippen LogP) is 4.07. The van der Waals surface area contributed by atoms with Crippen LogP contribution in [-0.4, -0.2) is 47.5 Å². The maximum atomic E-state index is 9.69. The van der Waals surface area contributed by atoms with Gasteiger partial charge in [0.1, 0.15) is 0 Å². The zero-order chi connectivity index (χ0) is 16.8. The average molecular weight is 316 g/mol. The van der Waals surface area contributed by atoms with Crippen molar-refractivity contribution in [2.75, 3.05) is 26.2 Å². The van der Waals surface area contributed by atoms with Gasteiger partial charge in [-0.15, -0.1) is 0 Å². The van der Waals surface area contributed by atoms with E-state index in [1.54, 1.807) is 0 Å². The van der Waals surface area contributed by atoms with Crippen molar-refractivity contribution in [3.05, 3.63) is 0 Å². The SMILES string of the molecule is CC(C)CCCCCN(CCCCCC(C)C)CC(O)CO. The van der Waals surface area contributed by atoms with Gasteiger partial charge in [-0.1, -0.05) is 66.2 Å². The molecule has 0 radical (unpaired) electrons. The Morgan fingerprint density at radius 3 is 1.55 bits per heavy atom. The van der Waals surface area contributed by atoms with Crippen LogP contribution < -0.4 is 0 Å². The molecule has 0 aromatic carbocycles. The number of nitrogens with zero attached hydrogens (tertiary/aromatic N) is 1. The summed E-state index contributed by atoms with van der Waals surface area (Å²) in [6.07, 6.45) is 9.61. The highest BCUT2D eigenvalue weighted by Gasteiger charge is 2.10. The van der Waals surface area contributed by atoms with Crippen molar-refractivity contribution in [1.29, 1.82) is 0 Å². The fraction of sp³-hybridized carbons (Fsp3) is 1.00. The Bertz CT molecular complexity index is 213. The molecule has 0 saturated carbocycles. The average Bonchev–Trinajstić information content (AvgIpc) is 2.45. The van der Waals surface area contributed by atoms with Gasteiger partial charge >= 0.3 is 0 Å². The molecular formula is C19H41NO2. The van der Waals surface area contributed by atoms with Gasteiger partial charge in [-0.2, -0.15) is 0 Å². The summed E-state index contributed by atoms with van der Waals surface area (Å²) in [4.78, 5) is 2.34. The van der Waals surface area contributed by atoms with E-state index in [0.717, 1.165) is 24.9 Å². The van der Waals surface area contributed by atoms with E-state index in [2.05, 4.69) is 32.6 Å². The molecule has 0 spiro atoms. The lowest BCUT2D eigenvalue weighted by molar-refractivity contribution is 0.0579. The second kappa shape index (κ2) is 14.5. The highest BCUT2D eigenvalue weighted by molar-refractivity contribution is 4.65. The van der Waals surface area contributed by atoms with Gasteiger partial charge < -0.3 is 15.1 Å². The molecule has 0 bridgehead atoms. The van der Waals surface area contributed by atoms with Crippen molar-refractivity contribution in [1.82, 2.24) is 4.90 Å². The Hall–Kier alpha value is -0.120. The van der Waals surface area contributed by atoms with Gasteiger partial charge in [0.25, 0.3) is 0 Å². The highest BCUT2D eigenvalue weighted by atomic mass is 16.3. The van der Waals surface area contributed by atoms with Gasteiger partial charge in [-0.25, -0.2) is 0 Å². The van der Waals surface area contributed by atoms with Crippen molar-refractivity contribution in [2.45, 2.75) is 85.2 Å². The lowest BCUT2D eigenvalue weighted by Crippen LogP contribution is -2.35. The van der Waals surface area contributed by atoms with Crippen LogP contribution in [0.4, 0.5) is 0 Å². The van der Waals surface area contributed by atoms with Crippen molar-refractivity contribution in [2.24, 2.45) is 11.8 Å². The molecule has 0 amide bonds. The first-order chi connectivity index (χ1) is 10.5. The normalized spacial score (nSPS) is 13.5. The molecule has 0 rings (SSSR count). The zero-order valence-corrected chi connectivity index (χ0v) is 15.6. The number of unbranched alkanes of at least 4 members (excludes halogenated alkanes) is 4. The molecule has 1 atom stereocenters. The number of aliphatic hydroxyl groups excluding tert-OH is 2. The van der Waals surface area contributed by atoms with E-state index in [0.29, 0.717) is 6.54 Å². The third-order valence-corrected chi connectivity index (χ3v) is 4.19. The minimum absolute atomic E-state index is 0.128. The summed E-state index contributed by atoms with van der Waals surface area (Å²) in [6, 6.07) is 0. The number of rotatable bonds is 15. The minimum atomic E-state index is -0.591. The van der Waals surface area contributed by atoms with Gasteiger partial charge in [0.15, 0.2) is 0 Å². The van der Waals surface area contributed by atoms with E-state index in [1.807, 2.05) is 0 Å². The molecule has 0 heterocycles. The summed E-state index contributed by atoms with van der Waals surface area (Å²) in [6.45, 7) is 11.7. The van der Waals surface area contributed by atoms with E-state index < -0.39 is 6.10 Å². The van der Waals surface area contributed by atoms with E-state index in [-0.39, 0.29) is 6.61 Å². The van der Waals surface area contributed by atoms with E-state index in [9.17, 15) is 5.11 Å². The molecule has 0 aliphatic heterocycles. The largest absolute Gasteiger partial charge is 0.394 e. The van der Waals surface area contributed by atoms with Crippen LogP contribution in [0, 0.1) is 11.8 Å². The van der Waals surface area contributed by atoms with Crippen molar-refractivity contribution in [3.8, 4) is 0 Å². The van der Waals surface area contributed by atoms with Crippen LogP contribution in [0.1, 0.15) is 79.1 Å². The molecule has 3 heteroatoms. The fourth-order valence-electron chi connectivity index (χ4n) is 2.78. The fourth-order valence-corrected chi connectivity index (χ4v) is 2.78. The van der Waals surface area contributed by atoms with Crippen LogP contribution in [-0.2, 0) is 0 Å². The minimum Gasteiger partial charge on any atom is -0.394 e. The molecule has 0 aromatic heterocycles. The first-order valence-electron chi connectivity index (χ1n) is 9.47. The first kappa shape index (κ1) is 21.9. The monoisotopic (exact) mass is 315 g/mol. The second-order valence-electron chi connectivity index (χ2n) is 7.62. The Kier molecular flexibility index (Phi) is 14.4. The molecule has 3 nitrogen and oxygen atoms in total. The van der Waals surface area contributed by atoms with Crippen LogP contribution in [0.25, 0.3) is 0 Å². The standard InChI is InChI=1S/C19H41NO2/c1-17(2)11-7-5-9-13-20(15-19(22)16-21)14-10-6-8-12-18(3)4/h17-19,21-22H,5-16H2,1-4H3. The molecule has 0 aliphatic carbocycles. The van der Waals surface area contributed by atoms with E-state index >= 15 is 0 Å². The zero-order valence-electron chi connectivity index (χ0n) is 15.6. The van der Waals surface area contributed by atoms with Crippen LogP contribution >= 0.6 is 0 Å². The summed E-state index contributed by atoms with van der Waals surface area (Å²) >= 11 is 0. The number of aliphatic hydroxyl groups is 2. The summed E-state index contributed by atoms with van der Waals surface area (Å²) in [5, 5.41) is 18.7. The molecule has 134 valence electrons. The Labute approximate surface area is 139 Å². The number of hydrogen-bond acceptors (Lipinski definition) is 3. The van der Waals surface area contributed by atoms with E-state index in [1.165, 1.54) is 51.4 Å². The second-order valence-corrected chi connectivity index (χ2v) is 7.62. The van der Waals surface area contributed by atoms with E-state index in [4.69, 9.17) is 5.11 Å². The summed E-state index contributed by atoms with van der Waals surface area (Å²) < 4.78 is 0. The van der Waals surface area contributed by atoms with Crippen molar-refractivity contribution in [3.63, 3.8) is 0 Å². The molecule has 22 heavy (non-hydrogen) atoms. The molecule has 0 saturated heterocycles. The Morgan fingerprint density at radius 1 is 0.727 bits per heavy atom. The summed E-state index contributed by atoms with van der Waals surface area (Å²) in [7, 11) is 0. The van der Waals surface area contributed by atoms with Crippen molar-refractivity contribution < 1.29 is 10.2 Å². The van der Waals surface area contributed by atoms with Crippen molar-refractivity contribution >= 4 is 0 Å². The molecular weight excluding hydrogens is 274 g/mol. The molecule has 2 N–H and O–H groups in total. The van der Waals surface area contributed by atoms with Gasteiger partial charge in [-0.05, 0) is 37.8 Å². The van der Waals surface area contributed by atoms with Gasteiger partial charge in [0.2, 0.25) is 0 Å². The van der Waals surface area contributed by atoms with Crippen LogP contribution in [0.2, 0.25) is 0 Å². The van der Waals surface area contributed by atoms with Gasteiger partial charge in [0.05, 0.1) is 12.7 Å². The third kappa shape index (κ3) is 14.8. The Balaban J connectivity index is 3.84.